The second-order valence-electron chi connectivity index (χ2n) is 4.57. The number of halogens is 2. The normalized spacial score (nSPS) is 10.6. The molecular formula is C13H18Cl2N2O2. The summed E-state index contributed by atoms with van der Waals surface area (Å²) in [6, 6.07) is 3.23. The Morgan fingerprint density at radius 1 is 1.42 bits per heavy atom. The fraction of sp³-hybridized carbons (Fsp3) is 0.462. The van der Waals surface area contributed by atoms with Gasteiger partial charge in [-0.25, -0.2) is 0 Å². The van der Waals surface area contributed by atoms with E-state index in [9.17, 15) is 4.79 Å². The first kappa shape index (κ1) is 16.1. The first-order valence-electron chi connectivity index (χ1n) is 6.01. The van der Waals surface area contributed by atoms with Crippen molar-refractivity contribution < 1.29 is 9.53 Å². The summed E-state index contributed by atoms with van der Waals surface area (Å²) in [4.78, 5) is 11.6. The molecule has 0 saturated heterocycles. The van der Waals surface area contributed by atoms with Gasteiger partial charge < -0.3 is 15.8 Å². The SMILES string of the molecule is CC(C)CNC(=O)COc1c(Cl)cc(Cl)cc1CN. The molecular weight excluding hydrogens is 287 g/mol. The maximum absolute atomic E-state index is 11.6. The quantitative estimate of drug-likeness (QED) is 0.849. The van der Waals surface area contributed by atoms with Crippen LogP contribution in [-0.4, -0.2) is 19.1 Å². The van der Waals surface area contributed by atoms with Gasteiger partial charge in [0.1, 0.15) is 5.75 Å². The molecule has 1 aromatic rings. The molecule has 0 bridgehead atoms. The lowest BCUT2D eigenvalue weighted by Crippen LogP contribution is -2.31. The fourth-order valence-electron chi connectivity index (χ4n) is 1.43. The van der Waals surface area contributed by atoms with Crippen molar-refractivity contribution >= 4 is 29.1 Å². The minimum Gasteiger partial charge on any atom is -0.482 e. The summed E-state index contributed by atoms with van der Waals surface area (Å²) < 4.78 is 5.43. The van der Waals surface area contributed by atoms with Crippen LogP contribution in [0.4, 0.5) is 0 Å². The van der Waals surface area contributed by atoms with Gasteiger partial charge in [0.2, 0.25) is 0 Å². The third-order valence-corrected chi connectivity index (χ3v) is 2.86. The Morgan fingerprint density at radius 2 is 2.11 bits per heavy atom. The van der Waals surface area contributed by atoms with E-state index in [1.165, 1.54) is 0 Å². The van der Waals surface area contributed by atoms with Crippen LogP contribution >= 0.6 is 23.2 Å². The van der Waals surface area contributed by atoms with Crippen LogP contribution in [0, 0.1) is 5.92 Å². The van der Waals surface area contributed by atoms with E-state index >= 15 is 0 Å². The van der Waals surface area contributed by atoms with E-state index in [2.05, 4.69) is 5.32 Å². The number of hydrogen-bond acceptors (Lipinski definition) is 3. The summed E-state index contributed by atoms with van der Waals surface area (Å²) in [6.45, 7) is 4.79. The van der Waals surface area contributed by atoms with Gasteiger partial charge in [-0.2, -0.15) is 0 Å². The zero-order valence-electron chi connectivity index (χ0n) is 11.0. The van der Waals surface area contributed by atoms with Gasteiger partial charge in [-0.05, 0) is 18.1 Å². The highest BCUT2D eigenvalue weighted by Gasteiger charge is 2.11. The highest BCUT2D eigenvalue weighted by atomic mass is 35.5. The molecule has 6 heteroatoms. The minimum atomic E-state index is -0.192. The third kappa shape index (κ3) is 5.27. The summed E-state index contributed by atoms with van der Waals surface area (Å²) in [6.07, 6.45) is 0. The number of rotatable bonds is 6. The molecule has 0 spiro atoms. The molecule has 1 aromatic carbocycles. The van der Waals surface area contributed by atoms with E-state index in [0.29, 0.717) is 33.8 Å². The average molecular weight is 305 g/mol. The molecule has 0 aliphatic rings. The van der Waals surface area contributed by atoms with Crippen molar-refractivity contribution in [2.24, 2.45) is 11.7 Å². The molecule has 0 aliphatic carbocycles. The zero-order chi connectivity index (χ0) is 14.4. The van der Waals surface area contributed by atoms with Crippen molar-refractivity contribution in [3.63, 3.8) is 0 Å². The summed E-state index contributed by atoms with van der Waals surface area (Å²) in [7, 11) is 0. The standard InChI is InChI=1S/C13H18Cl2N2O2/c1-8(2)6-17-12(18)7-19-13-9(5-16)3-10(14)4-11(13)15/h3-4,8H,5-7,16H2,1-2H3,(H,17,18). The molecule has 0 fully saturated rings. The van der Waals surface area contributed by atoms with Gasteiger partial charge in [0, 0.05) is 23.7 Å². The summed E-state index contributed by atoms with van der Waals surface area (Å²) >= 11 is 11.9. The van der Waals surface area contributed by atoms with Crippen molar-refractivity contribution in [3.8, 4) is 5.75 Å². The predicted molar refractivity (Wildman–Crippen MR) is 77.7 cm³/mol. The van der Waals surface area contributed by atoms with Crippen molar-refractivity contribution in [3.05, 3.63) is 27.7 Å². The molecule has 0 aromatic heterocycles. The smallest absolute Gasteiger partial charge is 0.257 e. The van der Waals surface area contributed by atoms with Crippen LogP contribution in [0.2, 0.25) is 10.0 Å². The maximum atomic E-state index is 11.6. The van der Waals surface area contributed by atoms with Crippen LogP contribution in [0.3, 0.4) is 0 Å². The van der Waals surface area contributed by atoms with Gasteiger partial charge in [0.15, 0.2) is 6.61 Å². The number of carbonyl (C=O) groups excluding carboxylic acids is 1. The largest absolute Gasteiger partial charge is 0.482 e. The molecule has 1 rings (SSSR count). The number of hydrogen-bond donors (Lipinski definition) is 2. The fourth-order valence-corrected chi connectivity index (χ4v) is 2.02. The highest BCUT2D eigenvalue weighted by molar-refractivity contribution is 6.35. The van der Waals surface area contributed by atoms with E-state index < -0.39 is 0 Å². The van der Waals surface area contributed by atoms with Gasteiger partial charge in [0.05, 0.1) is 5.02 Å². The first-order chi connectivity index (χ1) is 8.93. The van der Waals surface area contributed by atoms with Gasteiger partial charge >= 0.3 is 0 Å². The monoisotopic (exact) mass is 304 g/mol. The van der Waals surface area contributed by atoms with Crippen LogP contribution < -0.4 is 15.8 Å². The van der Waals surface area contributed by atoms with Crippen molar-refractivity contribution in [1.29, 1.82) is 0 Å². The lowest BCUT2D eigenvalue weighted by atomic mass is 10.2. The Hall–Kier alpha value is -0.970. The zero-order valence-corrected chi connectivity index (χ0v) is 12.5. The summed E-state index contributed by atoms with van der Waals surface area (Å²) in [5.74, 6) is 0.610. The molecule has 0 radical (unpaired) electrons. The van der Waals surface area contributed by atoms with E-state index in [1.54, 1.807) is 12.1 Å². The minimum absolute atomic E-state index is 0.0962. The van der Waals surface area contributed by atoms with Crippen LogP contribution in [0.1, 0.15) is 19.4 Å². The number of carbonyl (C=O) groups is 1. The Labute approximate surface area is 123 Å². The van der Waals surface area contributed by atoms with Crippen LogP contribution in [-0.2, 0) is 11.3 Å². The predicted octanol–water partition coefficient (Wildman–Crippen LogP) is 2.60. The van der Waals surface area contributed by atoms with Crippen LogP contribution in [0.5, 0.6) is 5.75 Å². The Kier molecular flexibility index (Phi) is 6.42. The Morgan fingerprint density at radius 3 is 2.68 bits per heavy atom. The first-order valence-corrected chi connectivity index (χ1v) is 6.77. The summed E-state index contributed by atoms with van der Waals surface area (Å²) in [5, 5.41) is 3.60. The molecule has 0 heterocycles. The van der Waals surface area contributed by atoms with Gasteiger partial charge in [0.25, 0.3) is 5.91 Å². The molecule has 0 unspecified atom stereocenters. The molecule has 1 amide bonds. The van der Waals surface area contributed by atoms with E-state index in [4.69, 9.17) is 33.7 Å². The molecule has 106 valence electrons. The molecule has 19 heavy (non-hydrogen) atoms. The third-order valence-electron chi connectivity index (χ3n) is 2.36. The van der Waals surface area contributed by atoms with E-state index in [-0.39, 0.29) is 19.1 Å². The van der Waals surface area contributed by atoms with Gasteiger partial charge in [-0.1, -0.05) is 37.0 Å². The van der Waals surface area contributed by atoms with E-state index in [1.807, 2.05) is 13.8 Å². The topological polar surface area (TPSA) is 64.3 Å². The molecule has 0 saturated carbocycles. The molecule has 4 nitrogen and oxygen atoms in total. The highest BCUT2D eigenvalue weighted by Crippen LogP contribution is 2.32. The Bertz CT molecular complexity index is 451. The van der Waals surface area contributed by atoms with Crippen molar-refractivity contribution in [2.45, 2.75) is 20.4 Å². The summed E-state index contributed by atoms with van der Waals surface area (Å²) in [5.41, 5.74) is 6.27. The van der Waals surface area contributed by atoms with Gasteiger partial charge in [-0.15, -0.1) is 0 Å². The maximum Gasteiger partial charge on any atom is 0.257 e. The molecule has 3 N–H and O–H groups in total. The lowest BCUT2D eigenvalue weighted by molar-refractivity contribution is -0.123. The Balaban J connectivity index is 2.65. The number of nitrogens with one attached hydrogen (secondary N) is 1. The average Bonchev–Trinajstić information content (AvgIpc) is 2.34. The van der Waals surface area contributed by atoms with Gasteiger partial charge in [-0.3, -0.25) is 4.79 Å². The van der Waals surface area contributed by atoms with Crippen LogP contribution in [0.25, 0.3) is 0 Å². The lowest BCUT2D eigenvalue weighted by Gasteiger charge is -2.13. The second-order valence-corrected chi connectivity index (χ2v) is 5.41. The number of amides is 1. The number of ether oxygens (including phenoxy) is 1. The molecule has 0 atom stereocenters. The molecule has 0 aliphatic heterocycles. The van der Waals surface area contributed by atoms with Crippen LogP contribution in [0.15, 0.2) is 12.1 Å². The number of benzene rings is 1. The number of nitrogens with two attached hydrogens (primary N) is 1. The van der Waals surface area contributed by atoms with Crippen molar-refractivity contribution in [1.82, 2.24) is 5.32 Å². The second kappa shape index (κ2) is 7.58. The van der Waals surface area contributed by atoms with Crippen molar-refractivity contribution in [2.75, 3.05) is 13.2 Å². The van der Waals surface area contributed by atoms with E-state index in [0.717, 1.165) is 0 Å².